The molecule has 1 N–H and O–H groups in total. The molecule has 2 aliphatic heterocycles. The third-order valence-corrected chi connectivity index (χ3v) is 4.45. The van der Waals surface area contributed by atoms with Crippen molar-refractivity contribution in [3.05, 3.63) is 23.8 Å². The van der Waals surface area contributed by atoms with Crippen LogP contribution in [0.15, 0.2) is 17.5 Å². The summed E-state index contributed by atoms with van der Waals surface area (Å²) in [6.07, 6.45) is 7.32. The lowest BCUT2D eigenvalue weighted by molar-refractivity contribution is 0.0702. The lowest BCUT2D eigenvalue weighted by Crippen LogP contribution is -2.39. The van der Waals surface area contributed by atoms with Gasteiger partial charge in [0.25, 0.3) is 11.8 Å². The third-order valence-electron chi connectivity index (χ3n) is 4.45. The third kappa shape index (κ3) is 4.12. The van der Waals surface area contributed by atoms with E-state index in [4.69, 9.17) is 4.84 Å². The minimum Gasteiger partial charge on any atom is -0.390 e. The predicted octanol–water partition coefficient (Wildman–Crippen LogP) is 1.39. The first-order chi connectivity index (χ1) is 12.2. The summed E-state index contributed by atoms with van der Waals surface area (Å²) in [7, 11) is 0. The molecule has 3 heterocycles. The Morgan fingerprint density at radius 2 is 1.92 bits per heavy atom. The van der Waals surface area contributed by atoms with E-state index in [0.29, 0.717) is 26.1 Å². The molecule has 0 bridgehead atoms. The first-order valence-electron chi connectivity index (χ1n) is 8.79. The fourth-order valence-corrected chi connectivity index (χ4v) is 3.00. The molecule has 1 fully saturated rings. The fraction of sp³-hybridized carbons (Fsp3) is 0.588. The standard InChI is InChI=1S/C17H23N5O3/c1-2-12-10-13(25-21-12)11-20-16(23)14-15(19-7-6-18-14)17(24)22-8-4-3-5-9-22/h6-7,13H,2-5,8-11H2,1H3,(H,20,23). The maximum Gasteiger partial charge on any atom is 0.274 e. The van der Waals surface area contributed by atoms with Crippen molar-refractivity contribution in [1.29, 1.82) is 0 Å². The maximum atomic E-state index is 12.7. The van der Waals surface area contributed by atoms with Crippen LogP contribution in [0.3, 0.4) is 0 Å². The molecule has 2 amide bonds. The summed E-state index contributed by atoms with van der Waals surface area (Å²) in [6, 6.07) is 0. The van der Waals surface area contributed by atoms with Gasteiger partial charge in [-0.05, 0) is 25.7 Å². The molecule has 3 rings (SSSR count). The highest BCUT2D eigenvalue weighted by atomic mass is 16.6. The molecule has 8 nitrogen and oxygen atoms in total. The average molecular weight is 345 g/mol. The molecule has 2 aliphatic rings. The summed E-state index contributed by atoms with van der Waals surface area (Å²) in [6.45, 7) is 3.73. The smallest absolute Gasteiger partial charge is 0.274 e. The van der Waals surface area contributed by atoms with Crippen molar-refractivity contribution in [1.82, 2.24) is 20.2 Å². The van der Waals surface area contributed by atoms with E-state index < -0.39 is 5.91 Å². The number of carbonyl (C=O) groups is 2. The van der Waals surface area contributed by atoms with Crippen LogP contribution in [-0.4, -0.2) is 58.1 Å². The van der Waals surface area contributed by atoms with Gasteiger partial charge < -0.3 is 15.1 Å². The van der Waals surface area contributed by atoms with Crippen molar-refractivity contribution >= 4 is 17.5 Å². The fourth-order valence-electron chi connectivity index (χ4n) is 3.00. The van der Waals surface area contributed by atoms with E-state index in [-0.39, 0.29) is 23.4 Å². The van der Waals surface area contributed by atoms with Crippen molar-refractivity contribution in [3.8, 4) is 0 Å². The lowest BCUT2D eigenvalue weighted by atomic mass is 10.1. The van der Waals surface area contributed by atoms with Gasteiger partial charge in [0.2, 0.25) is 0 Å². The second kappa shape index (κ2) is 8.04. The van der Waals surface area contributed by atoms with Gasteiger partial charge >= 0.3 is 0 Å². The maximum absolute atomic E-state index is 12.7. The van der Waals surface area contributed by atoms with Crippen LogP contribution in [0.2, 0.25) is 0 Å². The SMILES string of the molecule is CCC1=NOC(CNC(=O)c2nccnc2C(=O)N2CCCCC2)C1. The molecular weight excluding hydrogens is 322 g/mol. The van der Waals surface area contributed by atoms with Crippen LogP contribution in [0, 0.1) is 0 Å². The van der Waals surface area contributed by atoms with Gasteiger partial charge in [-0.3, -0.25) is 9.59 Å². The number of hydrogen-bond acceptors (Lipinski definition) is 6. The minimum atomic E-state index is -0.415. The van der Waals surface area contributed by atoms with Crippen LogP contribution >= 0.6 is 0 Å². The Morgan fingerprint density at radius 1 is 1.20 bits per heavy atom. The van der Waals surface area contributed by atoms with Crippen molar-refractivity contribution in [2.24, 2.45) is 5.16 Å². The monoisotopic (exact) mass is 345 g/mol. The Hall–Kier alpha value is -2.51. The van der Waals surface area contributed by atoms with Gasteiger partial charge in [0, 0.05) is 31.9 Å². The summed E-state index contributed by atoms with van der Waals surface area (Å²) < 4.78 is 0. The quantitative estimate of drug-likeness (QED) is 0.870. The normalized spacial score (nSPS) is 20.0. The summed E-state index contributed by atoms with van der Waals surface area (Å²) in [4.78, 5) is 40.4. The van der Waals surface area contributed by atoms with E-state index in [1.165, 1.54) is 12.4 Å². The van der Waals surface area contributed by atoms with E-state index in [1.807, 2.05) is 6.92 Å². The lowest BCUT2D eigenvalue weighted by Gasteiger charge is -2.26. The Labute approximate surface area is 146 Å². The zero-order valence-electron chi connectivity index (χ0n) is 14.4. The molecule has 8 heteroatoms. The van der Waals surface area contributed by atoms with Gasteiger partial charge in [0.1, 0.15) is 6.10 Å². The number of nitrogens with one attached hydrogen (secondary N) is 1. The molecule has 1 aromatic rings. The second-order valence-corrected chi connectivity index (χ2v) is 6.26. The molecular formula is C17H23N5O3. The van der Waals surface area contributed by atoms with Gasteiger partial charge in [-0.2, -0.15) is 0 Å². The van der Waals surface area contributed by atoms with Crippen LogP contribution in [0.4, 0.5) is 0 Å². The highest BCUT2D eigenvalue weighted by Gasteiger charge is 2.27. The number of amides is 2. The van der Waals surface area contributed by atoms with Crippen LogP contribution in [0.1, 0.15) is 60.0 Å². The van der Waals surface area contributed by atoms with Gasteiger partial charge in [-0.15, -0.1) is 0 Å². The van der Waals surface area contributed by atoms with Crippen LogP contribution in [0.25, 0.3) is 0 Å². The molecule has 134 valence electrons. The number of likely N-dealkylation sites (tertiary alicyclic amines) is 1. The Kier molecular flexibility index (Phi) is 5.57. The Bertz CT molecular complexity index is 670. The summed E-state index contributed by atoms with van der Waals surface area (Å²) in [5.74, 6) is -0.645. The molecule has 0 spiro atoms. The molecule has 1 atom stereocenters. The molecule has 0 aliphatic carbocycles. The summed E-state index contributed by atoms with van der Waals surface area (Å²) >= 11 is 0. The van der Waals surface area contributed by atoms with Crippen molar-refractivity contribution in [2.75, 3.05) is 19.6 Å². The number of hydrogen-bond donors (Lipinski definition) is 1. The highest BCUT2D eigenvalue weighted by molar-refractivity contribution is 6.04. The number of aromatic nitrogens is 2. The van der Waals surface area contributed by atoms with E-state index >= 15 is 0 Å². The molecule has 0 radical (unpaired) electrons. The van der Waals surface area contributed by atoms with Gasteiger partial charge in [0.05, 0.1) is 12.3 Å². The highest BCUT2D eigenvalue weighted by Crippen LogP contribution is 2.14. The number of rotatable bonds is 5. The van der Waals surface area contributed by atoms with Gasteiger partial charge in [-0.1, -0.05) is 12.1 Å². The minimum absolute atomic E-state index is 0.0627. The van der Waals surface area contributed by atoms with Crippen LogP contribution in [-0.2, 0) is 4.84 Å². The number of piperidine rings is 1. The average Bonchev–Trinajstić information content (AvgIpc) is 3.14. The van der Waals surface area contributed by atoms with Gasteiger partial charge in [-0.25, -0.2) is 9.97 Å². The Morgan fingerprint density at radius 3 is 2.60 bits per heavy atom. The van der Waals surface area contributed by atoms with Gasteiger partial charge in [0.15, 0.2) is 11.4 Å². The largest absolute Gasteiger partial charge is 0.390 e. The summed E-state index contributed by atoms with van der Waals surface area (Å²) in [5.41, 5.74) is 1.16. The predicted molar refractivity (Wildman–Crippen MR) is 91.3 cm³/mol. The van der Waals surface area contributed by atoms with Crippen LogP contribution < -0.4 is 5.32 Å². The Balaban J connectivity index is 1.63. The van der Waals surface area contributed by atoms with Crippen molar-refractivity contribution in [3.63, 3.8) is 0 Å². The molecule has 25 heavy (non-hydrogen) atoms. The molecule has 0 saturated carbocycles. The van der Waals surface area contributed by atoms with Crippen molar-refractivity contribution in [2.45, 2.75) is 45.1 Å². The van der Waals surface area contributed by atoms with E-state index in [9.17, 15) is 9.59 Å². The number of carbonyl (C=O) groups excluding carboxylic acids is 2. The van der Waals surface area contributed by atoms with E-state index in [2.05, 4.69) is 20.4 Å². The van der Waals surface area contributed by atoms with E-state index in [0.717, 1.165) is 31.4 Å². The van der Waals surface area contributed by atoms with Crippen molar-refractivity contribution < 1.29 is 14.4 Å². The molecule has 1 unspecified atom stereocenters. The number of oxime groups is 1. The molecule has 0 aromatic carbocycles. The molecule has 1 aromatic heterocycles. The number of nitrogens with zero attached hydrogens (tertiary/aromatic N) is 4. The first-order valence-corrected chi connectivity index (χ1v) is 8.79. The second-order valence-electron chi connectivity index (χ2n) is 6.26. The zero-order valence-corrected chi connectivity index (χ0v) is 14.4. The van der Waals surface area contributed by atoms with E-state index in [1.54, 1.807) is 4.90 Å². The summed E-state index contributed by atoms with van der Waals surface area (Å²) in [5, 5.41) is 6.74. The zero-order chi connectivity index (χ0) is 17.6. The molecule has 1 saturated heterocycles. The topological polar surface area (TPSA) is 96.8 Å². The first kappa shape index (κ1) is 17.3. The van der Waals surface area contributed by atoms with Crippen LogP contribution in [0.5, 0.6) is 0 Å².